The smallest absolute Gasteiger partial charge is 0.299 e. The van der Waals surface area contributed by atoms with E-state index in [4.69, 9.17) is 9.47 Å². The van der Waals surface area contributed by atoms with Crippen molar-refractivity contribution in [2.75, 3.05) is 14.2 Å². The summed E-state index contributed by atoms with van der Waals surface area (Å²) in [7, 11) is -1.02. The topological polar surface area (TPSA) is 95.3 Å². The van der Waals surface area contributed by atoms with Crippen LogP contribution in [-0.2, 0) is 16.6 Å². The molecule has 0 amide bonds. The highest BCUT2D eigenvalue weighted by Crippen LogP contribution is 2.26. The summed E-state index contributed by atoms with van der Waals surface area (Å²) in [5.41, 5.74) is 0.691. The Kier molecular flexibility index (Phi) is 6.09. The average molecular weight is 424 g/mol. The fourth-order valence-corrected chi connectivity index (χ4v) is 3.81. The fourth-order valence-electron chi connectivity index (χ4n) is 2.61. The normalized spacial score (nSPS) is 11.6. The lowest BCUT2D eigenvalue weighted by molar-refractivity contribution is 0.140. The summed E-state index contributed by atoms with van der Waals surface area (Å²) in [4.78, 5) is 3.38. The molecule has 0 spiro atoms. The zero-order valence-corrected chi connectivity index (χ0v) is 16.4. The van der Waals surface area contributed by atoms with Crippen LogP contribution in [0, 0.1) is 0 Å². The van der Waals surface area contributed by atoms with E-state index in [0.717, 1.165) is 11.0 Å². The third-order valence-electron chi connectivity index (χ3n) is 4.05. The van der Waals surface area contributed by atoms with Crippen LogP contribution in [0.4, 0.5) is 8.78 Å². The zero-order chi connectivity index (χ0) is 21.0. The van der Waals surface area contributed by atoms with Gasteiger partial charge in [0.05, 0.1) is 19.9 Å². The highest BCUT2D eigenvalue weighted by Gasteiger charge is 2.22. The van der Waals surface area contributed by atoms with Crippen molar-refractivity contribution >= 4 is 10.0 Å². The lowest BCUT2D eigenvalue weighted by atomic mass is 10.2. The Balaban J connectivity index is 1.89. The van der Waals surface area contributed by atoms with Gasteiger partial charge in [-0.2, -0.15) is 0 Å². The SMILES string of the molecule is COc1ccc(CNS(=O)(=O)c2ccccc2-n2cnc(C(F)F)n2)c(OC)c1. The number of alkyl halides is 2. The molecule has 0 saturated heterocycles. The van der Waals surface area contributed by atoms with Gasteiger partial charge in [-0.05, 0) is 18.2 Å². The Bertz CT molecular complexity index is 1100. The lowest BCUT2D eigenvalue weighted by Gasteiger charge is -2.13. The molecule has 0 aliphatic heterocycles. The summed E-state index contributed by atoms with van der Waals surface area (Å²) in [6.45, 7) is -0.0521. The molecule has 1 N–H and O–H groups in total. The van der Waals surface area contributed by atoms with Gasteiger partial charge >= 0.3 is 0 Å². The number of rotatable bonds is 8. The molecule has 3 rings (SSSR count). The lowest BCUT2D eigenvalue weighted by Crippen LogP contribution is -2.25. The molecular formula is C18H18F2N4O4S. The summed E-state index contributed by atoms with van der Waals surface area (Å²) in [5, 5.41) is 3.65. The van der Waals surface area contributed by atoms with Crippen LogP contribution >= 0.6 is 0 Å². The highest BCUT2D eigenvalue weighted by atomic mass is 32.2. The predicted octanol–water partition coefficient (Wildman–Crippen LogP) is 2.70. The number of nitrogens with one attached hydrogen (secondary N) is 1. The maximum absolute atomic E-state index is 12.9. The van der Waals surface area contributed by atoms with Crippen molar-refractivity contribution < 1.29 is 26.7 Å². The summed E-state index contributed by atoms with van der Waals surface area (Å²) < 4.78 is 65.2. The van der Waals surface area contributed by atoms with Crippen molar-refractivity contribution in [2.45, 2.75) is 17.9 Å². The Morgan fingerprint density at radius 1 is 1.14 bits per heavy atom. The van der Waals surface area contributed by atoms with Gasteiger partial charge in [0.1, 0.15) is 22.7 Å². The van der Waals surface area contributed by atoms with Crippen LogP contribution in [0.2, 0.25) is 0 Å². The zero-order valence-electron chi connectivity index (χ0n) is 15.5. The average Bonchev–Trinajstić information content (AvgIpc) is 3.22. The second kappa shape index (κ2) is 8.53. The van der Waals surface area contributed by atoms with Crippen LogP contribution in [0.3, 0.4) is 0 Å². The monoisotopic (exact) mass is 424 g/mol. The van der Waals surface area contributed by atoms with E-state index in [-0.39, 0.29) is 17.1 Å². The first kappa shape index (κ1) is 20.7. The van der Waals surface area contributed by atoms with E-state index < -0.39 is 22.3 Å². The number of sulfonamides is 1. The highest BCUT2D eigenvalue weighted by molar-refractivity contribution is 7.89. The minimum atomic E-state index is -4.00. The summed E-state index contributed by atoms with van der Waals surface area (Å²) in [5.74, 6) is 0.339. The van der Waals surface area contributed by atoms with Gasteiger partial charge in [-0.3, -0.25) is 0 Å². The quantitative estimate of drug-likeness (QED) is 0.597. The van der Waals surface area contributed by atoms with Gasteiger partial charge in [-0.15, -0.1) is 5.10 Å². The molecule has 3 aromatic rings. The van der Waals surface area contributed by atoms with E-state index in [2.05, 4.69) is 14.8 Å². The van der Waals surface area contributed by atoms with Crippen LogP contribution in [-0.4, -0.2) is 37.4 Å². The molecule has 1 aromatic heterocycles. The Hall–Kier alpha value is -3.05. The van der Waals surface area contributed by atoms with Gasteiger partial charge < -0.3 is 9.47 Å². The molecule has 8 nitrogen and oxygen atoms in total. The van der Waals surface area contributed by atoms with E-state index in [1.54, 1.807) is 24.3 Å². The van der Waals surface area contributed by atoms with Gasteiger partial charge in [-0.25, -0.2) is 31.6 Å². The van der Waals surface area contributed by atoms with Gasteiger partial charge in [0.25, 0.3) is 6.43 Å². The second-order valence-electron chi connectivity index (χ2n) is 5.82. The van der Waals surface area contributed by atoms with Gasteiger partial charge in [0.15, 0.2) is 0 Å². The molecule has 0 radical (unpaired) electrons. The molecule has 0 aliphatic carbocycles. The molecule has 0 saturated carbocycles. The number of nitrogens with zero attached hydrogens (tertiary/aromatic N) is 3. The van der Waals surface area contributed by atoms with Crippen LogP contribution in [0.1, 0.15) is 17.8 Å². The van der Waals surface area contributed by atoms with Crippen molar-refractivity contribution in [3.63, 3.8) is 0 Å². The summed E-state index contributed by atoms with van der Waals surface area (Å²) in [6.07, 6.45) is -1.82. The van der Waals surface area contributed by atoms with Crippen molar-refractivity contribution in [1.29, 1.82) is 0 Å². The molecule has 0 unspecified atom stereocenters. The molecule has 1 heterocycles. The van der Waals surface area contributed by atoms with E-state index in [9.17, 15) is 17.2 Å². The number of aromatic nitrogens is 3. The van der Waals surface area contributed by atoms with E-state index in [0.29, 0.717) is 17.1 Å². The largest absolute Gasteiger partial charge is 0.497 e. The molecule has 0 fully saturated rings. The van der Waals surface area contributed by atoms with Crippen LogP contribution in [0.25, 0.3) is 5.69 Å². The van der Waals surface area contributed by atoms with Crippen molar-refractivity contribution in [3.05, 3.63) is 60.2 Å². The predicted molar refractivity (Wildman–Crippen MR) is 99.9 cm³/mol. The summed E-state index contributed by atoms with van der Waals surface area (Å²) in [6, 6.07) is 10.9. The van der Waals surface area contributed by atoms with Gasteiger partial charge in [-0.1, -0.05) is 18.2 Å². The second-order valence-corrected chi connectivity index (χ2v) is 7.55. The van der Waals surface area contributed by atoms with Gasteiger partial charge in [0.2, 0.25) is 15.8 Å². The molecular weight excluding hydrogens is 406 g/mol. The number of benzene rings is 2. The Morgan fingerprint density at radius 3 is 2.55 bits per heavy atom. The molecule has 0 bridgehead atoms. The molecule has 0 atom stereocenters. The molecule has 11 heteroatoms. The number of methoxy groups -OCH3 is 2. The van der Waals surface area contributed by atoms with Crippen LogP contribution in [0.15, 0.2) is 53.7 Å². The third-order valence-corrected chi connectivity index (χ3v) is 5.50. The first-order valence-corrected chi connectivity index (χ1v) is 9.83. The first-order chi connectivity index (χ1) is 13.9. The van der Waals surface area contributed by atoms with E-state index in [1.165, 1.54) is 32.4 Å². The standard InChI is InChI=1S/C18H18F2N4O4S/c1-27-13-8-7-12(15(9-13)28-2)10-22-29(25,26)16-6-4-3-5-14(16)24-11-21-18(23-24)17(19)20/h3-9,11,17,22H,10H2,1-2H3. The third kappa shape index (κ3) is 4.51. The molecule has 154 valence electrons. The van der Waals surface area contributed by atoms with Crippen molar-refractivity contribution in [1.82, 2.24) is 19.5 Å². The molecule has 2 aromatic carbocycles. The molecule has 0 aliphatic rings. The minimum absolute atomic E-state index is 0.0521. The number of hydrogen-bond donors (Lipinski definition) is 1. The van der Waals surface area contributed by atoms with Crippen molar-refractivity contribution in [2.24, 2.45) is 0 Å². The fraction of sp³-hybridized carbons (Fsp3) is 0.222. The number of para-hydroxylation sites is 1. The maximum Gasteiger partial charge on any atom is 0.299 e. The van der Waals surface area contributed by atoms with Gasteiger partial charge in [0, 0.05) is 18.2 Å². The molecule has 29 heavy (non-hydrogen) atoms. The minimum Gasteiger partial charge on any atom is -0.497 e. The van der Waals surface area contributed by atoms with E-state index >= 15 is 0 Å². The van der Waals surface area contributed by atoms with E-state index in [1.807, 2.05) is 0 Å². The van der Waals surface area contributed by atoms with Crippen LogP contribution < -0.4 is 14.2 Å². The number of ether oxygens (including phenoxy) is 2. The maximum atomic E-state index is 12.9. The Morgan fingerprint density at radius 2 is 1.90 bits per heavy atom. The number of halogens is 2. The van der Waals surface area contributed by atoms with Crippen molar-refractivity contribution in [3.8, 4) is 17.2 Å². The number of hydrogen-bond acceptors (Lipinski definition) is 6. The summed E-state index contributed by atoms with van der Waals surface area (Å²) >= 11 is 0. The first-order valence-electron chi connectivity index (χ1n) is 8.35. The Labute approximate surface area is 166 Å². The van der Waals surface area contributed by atoms with Crippen LogP contribution in [0.5, 0.6) is 11.5 Å².